The zero-order chi connectivity index (χ0) is 13.5. The van der Waals surface area contributed by atoms with E-state index in [1.165, 1.54) is 18.4 Å². The van der Waals surface area contributed by atoms with E-state index in [0.717, 1.165) is 19.5 Å². The van der Waals surface area contributed by atoms with Crippen LogP contribution in [0.15, 0.2) is 30.3 Å². The van der Waals surface area contributed by atoms with E-state index in [1.54, 1.807) is 0 Å². The second-order valence-electron chi connectivity index (χ2n) is 5.36. The first-order chi connectivity index (χ1) is 9.29. The smallest absolute Gasteiger partial charge is 0.220 e. The Morgan fingerprint density at radius 2 is 2.21 bits per heavy atom. The van der Waals surface area contributed by atoms with E-state index in [9.17, 15) is 4.79 Å². The van der Waals surface area contributed by atoms with Gasteiger partial charge in [0.15, 0.2) is 0 Å². The van der Waals surface area contributed by atoms with E-state index in [-0.39, 0.29) is 11.9 Å². The molecule has 3 nitrogen and oxygen atoms in total. The van der Waals surface area contributed by atoms with Gasteiger partial charge in [0.05, 0.1) is 6.04 Å². The summed E-state index contributed by atoms with van der Waals surface area (Å²) in [6, 6.07) is 10.4. The highest BCUT2D eigenvalue weighted by Gasteiger charge is 2.18. The molecule has 0 aliphatic carbocycles. The highest BCUT2D eigenvalue weighted by molar-refractivity contribution is 5.76. The minimum atomic E-state index is 0.144. The lowest BCUT2D eigenvalue weighted by Crippen LogP contribution is -2.35. The van der Waals surface area contributed by atoms with Crippen LogP contribution in [0.2, 0.25) is 0 Å². The molecule has 1 saturated heterocycles. The molecule has 19 heavy (non-hydrogen) atoms. The molecule has 0 saturated carbocycles. The Kier molecular flexibility index (Phi) is 5.40. The minimum absolute atomic E-state index is 0.144. The molecule has 0 spiro atoms. The van der Waals surface area contributed by atoms with Crippen molar-refractivity contribution >= 4 is 5.91 Å². The van der Waals surface area contributed by atoms with Crippen LogP contribution in [0, 0.1) is 5.92 Å². The zero-order valence-corrected chi connectivity index (χ0v) is 11.7. The molecule has 2 N–H and O–H groups in total. The number of hydrogen-bond acceptors (Lipinski definition) is 2. The van der Waals surface area contributed by atoms with Crippen LogP contribution in [0.1, 0.15) is 44.2 Å². The van der Waals surface area contributed by atoms with E-state index in [4.69, 9.17) is 0 Å². The predicted octanol–water partition coefficient (Wildman–Crippen LogP) is 2.64. The highest BCUT2D eigenvalue weighted by atomic mass is 16.1. The molecule has 1 aromatic rings. The van der Waals surface area contributed by atoms with Crippen LogP contribution in [0.5, 0.6) is 0 Å². The standard InChI is InChI=1S/C16H24N2O/c1-2-15(14-8-4-3-5-9-14)18-16(19)11-13-7-6-10-17-12-13/h3-5,8-9,13,15,17H,2,6-7,10-12H2,1H3,(H,18,19). The molecular weight excluding hydrogens is 236 g/mol. The summed E-state index contributed by atoms with van der Waals surface area (Å²) in [6.07, 6.45) is 3.94. The van der Waals surface area contributed by atoms with Crippen molar-refractivity contribution in [1.29, 1.82) is 0 Å². The largest absolute Gasteiger partial charge is 0.349 e. The topological polar surface area (TPSA) is 41.1 Å². The van der Waals surface area contributed by atoms with Gasteiger partial charge in [-0.05, 0) is 43.8 Å². The third kappa shape index (κ3) is 4.35. The van der Waals surface area contributed by atoms with Gasteiger partial charge in [-0.3, -0.25) is 4.79 Å². The average molecular weight is 260 g/mol. The normalized spacial score (nSPS) is 20.8. The molecular formula is C16H24N2O. The second kappa shape index (κ2) is 7.29. The summed E-state index contributed by atoms with van der Waals surface area (Å²) in [5, 5.41) is 6.52. The van der Waals surface area contributed by atoms with Crippen LogP contribution in [0.4, 0.5) is 0 Å². The lowest BCUT2D eigenvalue weighted by atomic mass is 9.95. The van der Waals surface area contributed by atoms with Gasteiger partial charge in [0.25, 0.3) is 0 Å². The van der Waals surface area contributed by atoms with Gasteiger partial charge in [0.1, 0.15) is 0 Å². The van der Waals surface area contributed by atoms with Crippen molar-refractivity contribution in [2.75, 3.05) is 13.1 Å². The number of hydrogen-bond donors (Lipinski definition) is 2. The van der Waals surface area contributed by atoms with Crippen LogP contribution in [0.25, 0.3) is 0 Å². The summed E-state index contributed by atoms with van der Waals surface area (Å²) in [5.41, 5.74) is 1.19. The zero-order valence-electron chi connectivity index (χ0n) is 11.7. The Morgan fingerprint density at radius 3 is 2.84 bits per heavy atom. The molecule has 2 atom stereocenters. The molecule has 0 bridgehead atoms. The van der Waals surface area contributed by atoms with Gasteiger partial charge in [-0.25, -0.2) is 0 Å². The van der Waals surface area contributed by atoms with Gasteiger partial charge in [0.2, 0.25) is 5.91 Å². The highest BCUT2D eigenvalue weighted by Crippen LogP contribution is 2.18. The van der Waals surface area contributed by atoms with Crippen molar-refractivity contribution in [1.82, 2.24) is 10.6 Å². The lowest BCUT2D eigenvalue weighted by molar-refractivity contribution is -0.122. The fourth-order valence-electron chi connectivity index (χ4n) is 2.72. The first-order valence-electron chi connectivity index (χ1n) is 7.34. The van der Waals surface area contributed by atoms with Crippen molar-refractivity contribution < 1.29 is 4.79 Å². The fourth-order valence-corrected chi connectivity index (χ4v) is 2.72. The third-order valence-electron chi connectivity index (χ3n) is 3.82. The Labute approximate surface area is 115 Å². The van der Waals surface area contributed by atoms with Gasteiger partial charge >= 0.3 is 0 Å². The Bertz CT molecular complexity index is 385. The molecule has 2 unspecified atom stereocenters. The van der Waals surface area contributed by atoms with Gasteiger partial charge in [-0.2, -0.15) is 0 Å². The SMILES string of the molecule is CCC(NC(=O)CC1CCCNC1)c1ccccc1. The van der Waals surface area contributed by atoms with Gasteiger partial charge in [-0.15, -0.1) is 0 Å². The molecule has 1 aromatic carbocycles. The van der Waals surface area contributed by atoms with Crippen LogP contribution in [-0.4, -0.2) is 19.0 Å². The fraction of sp³-hybridized carbons (Fsp3) is 0.562. The molecule has 1 fully saturated rings. The maximum Gasteiger partial charge on any atom is 0.220 e. The van der Waals surface area contributed by atoms with Crippen molar-refractivity contribution in [2.24, 2.45) is 5.92 Å². The predicted molar refractivity (Wildman–Crippen MR) is 77.8 cm³/mol. The average Bonchev–Trinajstić information content (AvgIpc) is 2.47. The summed E-state index contributed by atoms with van der Waals surface area (Å²) in [6.45, 7) is 4.19. The molecule has 1 aliphatic rings. The van der Waals surface area contributed by atoms with E-state index < -0.39 is 0 Å². The molecule has 0 radical (unpaired) electrons. The first kappa shape index (κ1) is 14.1. The van der Waals surface area contributed by atoms with E-state index in [1.807, 2.05) is 18.2 Å². The molecule has 1 amide bonds. The molecule has 3 heteroatoms. The summed E-state index contributed by atoms with van der Waals surface area (Å²) in [4.78, 5) is 12.1. The Hall–Kier alpha value is -1.35. The number of carbonyl (C=O) groups is 1. The Balaban J connectivity index is 1.85. The van der Waals surface area contributed by atoms with Crippen molar-refractivity contribution in [3.8, 4) is 0 Å². The van der Waals surface area contributed by atoms with Crippen molar-refractivity contribution in [3.05, 3.63) is 35.9 Å². The number of carbonyl (C=O) groups excluding carboxylic acids is 1. The van der Waals surface area contributed by atoms with Crippen LogP contribution in [0.3, 0.4) is 0 Å². The molecule has 0 aromatic heterocycles. The maximum absolute atomic E-state index is 12.1. The third-order valence-corrected chi connectivity index (χ3v) is 3.82. The van der Waals surface area contributed by atoms with Gasteiger partial charge < -0.3 is 10.6 Å². The molecule has 2 rings (SSSR count). The van der Waals surface area contributed by atoms with Crippen LogP contribution in [-0.2, 0) is 4.79 Å². The minimum Gasteiger partial charge on any atom is -0.349 e. The number of nitrogens with one attached hydrogen (secondary N) is 2. The lowest BCUT2D eigenvalue weighted by Gasteiger charge is -2.24. The maximum atomic E-state index is 12.1. The number of amides is 1. The van der Waals surface area contributed by atoms with Crippen molar-refractivity contribution in [2.45, 2.75) is 38.6 Å². The number of benzene rings is 1. The van der Waals surface area contributed by atoms with Gasteiger partial charge in [0, 0.05) is 6.42 Å². The van der Waals surface area contributed by atoms with Crippen LogP contribution < -0.4 is 10.6 Å². The Morgan fingerprint density at radius 1 is 1.42 bits per heavy atom. The van der Waals surface area contributed by atoms with E-state index in [0.29, 0.717) is 12.3 Å². The van der Waals surface area contributed by atoms with E-state index >= 15 is 0 Å². The summed E-state index contributed by atoms with van der Waals surface area (Å²) >= 11 is 0. The van der Waals surface area contributed by atoms with Crippen molar-refractivity contribution in [3.63, 3.8) is 0 Å². The summed E-state index contributed by atoms with van der Waals surface area (Å²) in [7, 11) is 0. The molecule has 1 heterocycles. The monoisotopic (exact) mass is 260 g/mol. The van der Waals surface area contributed by atoms with Gasteiger partial charge in [-0.1, -0.05) is 37.3 Å². The first-order valence-corrected chi connectivity index (χ1v) is 7.34. The number of piperidine rings is 1. The second-order valence-corrected chi connectivity index (χ2v) is 5.36. The molecule has 104 valence electrons. The summed E-state index contributed by atoms with van der Waals surface area (Å²) < 4.78 is 0. The molecule has 1 aliphatic heterocycles. The number of rotatable bonds is 5. The van der Waals surface area contributed by atoms with E-state index in [2.05, 4.69) is 29.7 Å². The van der Waals surface area contributed by atoms with Crippen LogP contribution >= 0.6 is 0 Å². The summed E-state index contributed by atoms with van der Waals surface area (Å²) in [5.74, 6) is 0.687. The quantitative estimate of drug-likeness (QED) is 0.854.